The molecule has 1 aromatic heterocycles. The molecule has 5 heteroatoms. The van der Waals surface area contributed by atoms with Gasteiger partial charge in [-0.05, 0) is 61.4 Å². The molecule has 1 heterocycles. The van der Waals surface area contributed by atoms with Crippen LogP contribution in [0.4, 0.5) is 0 Å². The molecule has 3 aromatic rings. The van der Waals surface area contributed by atoms with Gasteiger partial charge in [0.2, 0.25) is 0 Å². The molecule has 0 amide bonds. The van der Waals surface area contributed by atoms with E-state index in [9.17, 15) is 0 Å². The fourth-order valence-electron chi connectivity index (χ4n) is 3.13. The van der Waals surface area contributed by atoms with E-state index in [1.54, 1.807) is 11.8 Å². The molecule has 0 bridgehead atoms. The van der Waals surface area contributed by atoms with Gasteiger partial charge in [0.05, 0.1) is 0 Å². The molecule has 2 aromatic carbocycles. The zero-order valence-corrected chi connectivity index (χ0v) is 15.7. The zero-order valence-electron chi connectivity index (χ0n) is 14.9. The summed E-state index contributed by atoms with van der Waals surface area (Å²) in [6, 6.07) is 14.8. The summed E-state index contributed by atoms with van der Waals surface area (Å²) in [5.41, 5.74) is 5.37. The molecule has 4 rings (SSSR count). The van der Waals surface area contributed by atoms with Crippen molar-refractivity contribution in [2.24, 2.45) is 0 Å². The molecule has 0 fully saturated rings. The van der Waals surface area contributed by atoms with Gasteiger partial charge in [-0.25, -0.2) is 0 Å². The van der Waals surface area contributed by atoms with Crippen LogP contribution < -0.4 is 4.74 Å². The van der Waals surface area contributed by atoms with Crippen molar-refractivity contribution in [1.82, 2.24) is 10.2 Å². The minimum atomic E-state index is 0.302. The molecule has 0 saturated heterocycles. The number of benzene rings is 2. The van der Waals surface area contributed by atoms with Crippen LogP contribution in [0.15, 0.2) is 52.1 Å². The lowest BCUT2D eigenvalue weighted by Gasteiger charge is -2.16. The Labute approximate surface area is 158 Å². The SMILES string of the molecule is Cc1ccc(CSc2nnc(COc3ccc4c(c3)CCCC4)o2)cc1. The standard InChI is InChI=1S/C21H22N2O2S/c1-15-6-8-16(9-7-15)14-26-21-23-22-20(25-21)13-24-19-11-10-17-4-2-3-5-18(17)12-19/h6-12H,2-5,13-14H2,1H3. The minimum Gasteiger partial charge on any atom is -0.484 e. The number of nitrogens with zero attached hydrogens (tertiary/aromatic N) is 2. The predicted molar refractivity (Wildman–Crippen MR) is 102 cm³/mol. The van der Waals surface area contributed by atoms with Gasteiger partial charge in [-0.15, -0.1) is 10.2 Å². The summed E-state index contributed by atoms with van der Waals surface area (Å²) >= 11 is 1.54. The monoisotopic (exact) mass is 366 g/mol. The average Bonchev–Trinajstić information content (AvgIpc) is 3.14. The lowest BCUT2D eigenvalue weighted by Crippen LogP contribution is -2.03. The molecular formula is C21H22N2O2S. The third kappa shape index (κ3) is 4.28. The maximum atomic E-state index is 5.84. The lowest BCUT2D eigenvalue weighted by atomic mass is 9.92. The van der Waals surface area contributed by atoms with Gasteiger partial charge < -0.3 is 9.15 Å². The molecular weight excluding hydrogens is 344 g/mol. The van der Waals surface area contributed by atoms with E-state index in [1.165, 1.54) is 41.5 Å². The van der Waals surface area contributed by atoms with E-state index in [0.717, 1.165) is 17.9 Å². The second-order valence-electron chi connectivity index (χ2n) is 6.66. The molecule has 0 atom stereocenters. The topological polar surface area (TPSA) is 48.2 Å². The first kappa shape index (κ1) is 17.2. The van der Waals surface area contributed by atoms with Crippen molar-refractivity contribution in [3.63, 3.8) is 0 Å². The van der Waals surface area contributed by atoms with E-state index in [4.69, 9.17) is 9.15 Å². The van der Waals surface area contributed by atoms with Gasteiger partial charge in [-0.3, -0.25) is 0 Å². The van der Waals surface area contributed by atoms with Crippen LogP contribution in [0.2, 0.25) is 0 Å². The molecule has 134 valence electrons. The van der Waals surface area contributed by atoms with E-state index in [-0.39, 0.29) is 0 Å². The summed E-state index contributed by atoms with van der Waals surface area (Å²) in [5, 5.41) is 8.76. The quantitative estimate of drug-likeness (QED) is 0.566. The van der Waals surface area contributed by atoms with E-state index >= 15 is 0 Å². The number of thioether (sulfide) groups is 1. The predicted octanol–water partition coefficient (Wildman–Crippen LogP) is 5.13. The summed E-state index contributed by atoms with van der Waals surface area (Å²) in [4.78, 5) is 0. The van der Waals surface area contributed by atoms with Crippen LogP contribution in [0.25, 0.3) is 0 Å². The molecule has 26 heavy (non-hydrogen) atoms. The number of hydrogen-bond donors (Lipinski definition) is 0. The highest BCUT2D eigenvalue weighted by Crippen LogP contribution is 2.26. The van der Waals surface area contributed by atoms with Crippen LogP contribution >= 0.6 is 11.8 Å². The van der Waals surface area contributed by atoms with E-state index in [1.807, 2.05) is 6.07 Å². The summed E-state index contributed by atoms with van der Waals surface area (Å²) in [7, 11) is 0. The normalized spacial score (nSPS) is 13.4. The Morgan fingerprint density at radius 2 is 1.81 bits per heavy atom. The van der Waals surface area contributed by atoms with Crippen LogP contribution in [0.5, 0.6) is 5.75 Å². The number of hydrogen-bond acceptors (Lipinski definition) is 5. The van der Waals surface area contributed by atoms with Crippen LogP contribution in [0.3, 0.4) is 0 Å². The highest BCUT2D eigenvalue weighted by atomic mass is 32.2. The average molecular weight is 366 g/mol. The van der Waals surface area contributed by atoms with Crippen molar-refractivity contribution < 1.29 is 9.15 Å². The van der Waals surface area contributed by atoms with Crippen molar-refractivity contribution in [1.29, 1.82) is 0 Å². The first-order chi connectivity index (χ1) is 12.8. The van der Waals surface area contributed by atoms with Crippen LogP contribution in [-0.2, 0) is 25.2 Å². The Morgan fingerprint density at radius 1 is 1.00 bits per heavy atom. The van der Waals surface area contributed by atoms with Gasteiger partial charge in [0, 0.05) is 5.75 Å². The smallest absolute Gasteiger partial charge is 0.277 e. The van der Waals surface area contributed by atoms with Crippen molar-refractivity contribution >= 4 is 11.8 Å². The van der Waals surface area contributed by atoms with Crippen molar-refractivity contribution in [2.75, 3.05) is 0 Å². The third-order valence-corrected chi connectivity index (χ3v) is 5.50. The third-order valence-electron chi connectivity index (χ3n) is 4.61. The highest BCUT2D eigenvalue weighted by molar-refractivity contribution is 7.98. The Kier molecular flexibility index (Phi) is 5.25. The molecule has 0 radical (unpaired) electrons. The first-order valence-electron chi connectivity index (χ1n) is 9.01. The van der Waals surface area contributed by atoms with Gasteiger partial charge in [0.15, 0.2) is 6.61 Å². The number of aromatic nitrogens is 2. The van der Waals surface area contributed by atoms with E-state index in [2.05, 4.69) is 53.5 Å². The van der Waals surface area contributed by atoms with Crippen LogP contribution in [0, 0.1) is 6.92 Å². The Bertz CT molecular complexity index is 874. The minimum absolute atomic E-state index is 0.302. The van der Waals surface area contributed by atoms with E-state index < -0.39 is 0 Å². The molecule has 0 unspecified atom stereocenters. The van der Waals surface area contributed by atoms with Gasteiger partial charge in [0.25, 0.3) is 11.1 Å². The molecule has 0 spiro atoms. The summed E-state index contributed by atoms with van der Waals surface area (Å²) in [6.07, 6.45) is 4.88. The fraction of sp³-hybridized carbons (Fsp3) is 0.333. The van der Waals surface area contributed by atoms with E-state index in [0.29, 0.717) is 17.7 Å². The Hall–Kier alpha value is -2.27. The van der Waals surface area contributed by atoms with Crippen molar-refractivity contribution in [3.8, 4) is 5.75 Å². The molecule has 0 aliphatic heterocycles. The Morgan fingerprint density at radius 3 is 2.65 bits per heavy atom. The van der Waals surface area contributed by atoms with Crippen molar-refractivity contribution in [2.45, 2.75) is 50.2 Å². The maximum absolute atomic E-state index is 5.84. The summed E-state index contributed by atoms with van der Waals surface area (Å²) in [5.74, 6) is 2.19. The summed E-state index contributed by atoms with van der Waals surface area (Å²) in [6.45, 7) is 2.39. The fourth-order valence-corrected chi connectivity index (χ4v) is 3.87. The second kappa shape index (κ2) is 7.96. The zero-order chi connectivity index (χ0) is 17.8. The number of ether oxygens (including phenoxy) is 1. The molecule has 1 aliphatic rings. The van der Waals surface area contributed by atoms with Crippen molar-refractivity contribution in [3.05, 3.63) is 70.6 Å². The maximum Gasteiger partial charge on any atom is 0.277 e. The molecule has 0 N–H and O–H groups in total. The second-order valence-corrected chi connectivity index (χ2v) is 7.59. The van der Waals surface area contributed by atoms with Gasteiger partial charge in [0.1, 0.15) is 5.75 Å². The molecule has 4 nitrogen and oxygen atoms in total. The van der Waals surface area contributed by atoms with Crippen LogP contribution in [0.1, 0.15) is 41.0 Å². The van der Waals surface area contributed by atoms with Gasteiger partial charge >= 0.3 is 0 Å². The number of aryl methyl sites for hydroxylation is 3. The van der Waals surface area contributed by atoms with Crippen LogP contribution in [-0.4, -0.2) is 10.2 Å². The first-order valence-corrected chi connectivity index (χ1v) is 10.0. The largest absolute Gasteiger partial charge is 0.484 e. The molecule has 0 saturated carbocycles. The highest BCUT2D eigenvalue weighted by Gasteiger charge is 2.11. The number of fused-ring (bicyclic) bond motifs is 1. The number of rotatable bonds is 6. The molecule has 1 aliphatic carbocycles. The van der Waals surface area contributed by atoms with Gasteiger partial charge in [-0.2, -0.15) is 0 Å². The lowest BCUT2D eigenvalue weighted by molar-refractivity contribution is 0.252. The Balaban J connectivity index is 1.31. The van der Waals surface area contributed by atoms with Gasteiger partial charge in [-0.1, -0.05) is 47.7 Å². The summed E-state index contributed by atoms with van der Waals surface area (Å²) < 4.78 is 11.5.